The van der Waals surface area contributed by atoms with Gasteiger partial charge in [0.25, 0.3) is 0 Å². The summed E-state index contributed by atoms with van der Waals surface area (Å²) in [5.41, 5.74) is -0.0560. The van der Waals surface area contributed by atoms with E-state index >= 15 is 0 Å². The number of benzene rings is 1. The van der Waals surface area contributed by atoms with Crippen LogP contribution in [0.2, 0.25) is 0 Å². The molecular formula is C9H4F2OS. The van der Waals surface area contributed by atoms with Gasteiger partial charge in [-0.1, -0.05) is 12.1 Å². The molecule has 0 radical (unpaired) electrons. The lowest BCUT2D eigenvalue weighted by Gasteiger charge is -1.90. The van der Waals surface area contributed by atoms with Gasteiger partial charge in [-0.05, 0) is 6.07 Å². The molecule has 0 atom stereocenters. The lowest BCUT2D eigenvalue weighted by molar-refractivity contribution is 0.112. The smallest absolute Gasteiger partial charge is 0.188 e. The van der Waals surface area contributed by atoms with Crippen LogP contribution < -0.4 is 0 Å². The van der Waals surface area contributed by atoms with Crippen LogP contribution in [0.15, 0.2) is 18.2 Å². The van der Waals surface area contributed by atoms with Crippen molar-refractivity contribution in [2.45, 2.75) is 0 Å². The third-order valence-electron chi connectivity index (χ3n) is 1.78. The van der Waals surface area contributed by atoms with Crippen LogP contribution in [-0.2, 0) is 0 Å². The van der Waals surface area contributed by atoms with Crippen molar-refractivity contribution in [3.8, 4) is 0 Å². The van der Waals surface area contributed by atoms with Crippen molar-refractivity contribution in [2.24, 2.45) is 0 Å². The van der Waals surface area contributed by atoms with E-state index in [9.17, 15) is 13.6 Å². The largest absolute Gasteiger partial charge is 0.298 e. The van der Waals surface area contributed by atoms with Crippen LogP contribution in [0.3, 0.4) is 0 Å². The molecule has 0 unspecified atom stereocenters. The molecule has 0 aliphatic rings. The molecule has 1 heterocycles. The van der Waals surface area contributed by atoms with Crippen LogP contribution >= 0.6 is 11.3 Å². The summed E-state index contributed by atoms with van der Waals surface area (Å²) >= 11 is 0.657. The Labute approximate surface area is 76.6 Å². The fraction of sp³-hybridized carbons (Fsp3) is 0. The molecular weight excluding hydrogens is 194 g/mol. The summed E-state index contributed by atoms with van der Waals surface area (Å²) in [5, 5.41) is -0.285. The van der Waals surface area contributed by atoms with Crippen LogP contribution in [0.4, 0.5) is 8.78 Å². The van der Waals surface area contributed by atoms with Gasteiger partial charge in [-0.3, -0.25) is 4.79 Å². The summed E-state index contributed by atoms with van der Waals surface area (Å²) in [6.07, 6.45) is 0.410. The summed E-state index contributed by atoms with van der Waals surface area (Å²) in [6, 6.07) is 4.23. The maximum Gasteiger partial charge on any atom is 0.188 e. The maximum absolute atomic E-state index is 13.0. The number of hydrogen-bond acceptors (Lipinski definition) is 2. The number of aldehydes is 1. The Bertz CT molecular complexity index is 476. The molecule has 2 aromatic rings. The Balaban J connectivity index is 2.93. The Hall–Kier alpha value is -1.29. The predicted molar refractivity (Wildman–Crippen MR) is 47.1 cm³/mol. The zero-order valence-corrected chi connectivity index (χ0v) is 7.20. The van der Waals surface area contributed by atoms with Crippen LogP contribution in [0.25, 0.3) is 10.1 Å². The summed E-state index contributed by atoms with van der Waals surface area (Å²) in [6.45, 7) is 0. The third kappa shape index (κ3) is 1.14. The quantitative estimate of drug-likeness (QED) is 0.644. The molecule has 0 spiro atoms. The summed E-state index contributed by atoms with van der Waals surface area (Å²) < 4.78 is 26.2. The average molecular weight is 198 g/mol. The molecule has 1 nitrogen and oxygen atoms in total. The van der Waals surface area contributed by atoms with E-state index in [1.54, 1.807) is 0 Å². The molecule has 4 heteroatoms. The van der Waals surface area contributed by atoms with Gasteiger partial charge in [0.1, 0.15) is 5.82 Å². The van der Waals surface area contributed by atoms with E-state index in [-0.39, 0.29) is 10.3 Å². The number of rotatable bonds is 1. The van der Waals surface area contributed by atoms with Gasteiger partial charge in [-0.25, -0.2) is 4.39 Å². The van der Waals surface area contributed by atoms with Crippen molar-refractivity contribution in [1.29, 1.82) is 0 Å². The fourth-order valence-corrected chi connectivity index (χ4v) is 2.09. The second-order valence-corrected chi connectivity index (χ2v) is 3.49. The molecule has 2 rings (SSSR count). The van der Waals surface area contributed by atoms with E-state index in [0.717, 1.165) is 0 Å². The summed E-state index contributed by atoms with van der Waals surface area (Å²) in [4.78, 5) is 10.5. The Morgan fingerprint density at radius 1 is 1.31 bits per heavy atom. The standard InChI is InChI=1S/C9H4F2OS/c10-7-3-1-2-5-6(4-12)9(11)13-8(5)7/h1-4H. The topological polar surface area (TPSA) is 17.1 Å². The van der Waals surface area contributed by atoms with Crippen molar-refractivity contribution in [3.63, 3.8) is 0 Å². The molecule has 0 aliphatic carbocycles. The van der Waals surface area contributed by atoms with E-state index in [0.29, 0.717) is 23.0 Å². The second-order valence-electron chi connectivity index (χ2n) is 2.52. The highest BCUT2D eigenvalue weighted by molar-refractivity contribution is 7.17. The molecule has 0 amide bonds. The molecule has 0 saturated carbocycles. The molecule has 1 aromatic heterocycles. The van der Waals surface area contributed by atoms with Gasteiger partial charge in [0.2, 0.25) is 0 Å². The number of halogens is 2. The van der Waals surface area contributed by atoms with E-state index in [4.69, 9.17) is 0 Å². The number of hydrogen-bond donors (Lipinski definition) is 0. The van der Waals surface area contributed by atoms with Gasteiger partial charge in [0.05, 0.1) is 10.3 Å². The second kappa shape index (κ2) is 2.88. The first-order chi connectivity index (χ1) is 6.24. The van der Waals surface area contributed by atoms with E-state index < -0.39 is 10.9 Å². The molecule has 0 aliphatic heterocycles. The van der Waals surface area contributed by atoms with Gasteiger partial charge in [0.15, 0.2) is 11.4 Å². The lowest BCUT2D eigenvalue weighted by atomic mass is 10.2. The first kappa shape index (κ1) is 8.31. The molecule has 0 saturated heterocycles. The SMILES string of the molecule is O=Cc1c(F)sc2c(F)cccc12. The highest BCUT2D eigenvalue weighted by Crippen LogP contribution is 2.30. The first-order valence-electron chi connectivity index (χ1n) is 3.55. The maximum atomic E-state index is 13.0. The van der Waals surface area contributed by atoms with Crippen LogP contribution in [0.5, 0.6) is 0 Å². The molecule has 0 N–H and O–H groups in total. The van der Waals surface area contributed by atoms with Crippen molar-refractivity contribution in [1.82, 2.24) is 0 Å². The zero-order valence-electron chi connectivity index (χ0n) is 6.38. The van der Waals surface area contributed by atoms with Crippen molar-refractivity contribution >= 4 is 27.7 Å². The number of thiophene rings is 1. The van der Waals surface area contributed by atoms with E-state index in [1.165, 1.54) is 18.2 Å². The minimum atomic E-state index is -0.630. The first-order valence-corrected chi connectivity index (χ1v) is 4.37. The normalized spacial score (nSPS) is 10.6. The minimum absolute atomic E-state index is 0.0560. The van der Waals surface area contributed by atoms with E-state index in [2.05, 4.69) is 0 Å². The van der Waals surface area contributed by atoms with Crippen LogP contribution in [-0.4, -0.2) is 6.29 Å². The fourth-order valence-electron chi connectivity index (χ4n) is 1.18. The number of carbonyl (C=O) groups excluding carboxylic acids is 1. The summed E-state index contributed by atoms with van der Waals surface area (Å²) in [5.74, 6) is -0.491. The highest BCUT2D eigenvalue weighted by Gasteiger charge is 2.13. The number of carbonyl (C=O) groups is 1. The van der Waals surface area contributed by atoms with Crippen LogP contribution in [0, 0.1) is 10.9 Å². The van der Waals surface area contributed by atoms with Gasteiger partial charge in [0, 0.05) is 5.39 Å². The lowest BCUT2D eigenvalue weighted by Crippen LogP contribution is -1.79. The Morgan fingerprint density at radius 2 is 2.08 bits per heavy atom. The Morgan fingerprint density at radius 3 is 2.77 bits per heavy atom. The zero-order chi connectivity index (χ0) is 9.42. The minimum Gasteiger partial charge on any atom is -0.298 e. The molecule has 66 valence electrons. The van der Waals surface area contributed by atoms with Gasteiger partial charge in [-0.15, -0.1) is 11.3 Å². The average Bonchev–Trinajstić information content (AvgIpc) is 2.43. The third-order valence-corrected chi connectivity index (χ3v) is 2.80. The van der Waals surface area contributed by atoms with Crippen molar-refractivity contribution in [3.05, 3.63) is 34.7 Å². The van der Waals surface area contributed by atoms with Gasteiger partial charge < -0.3 is 0 Å². The van der Waals surface area contributed by atoms with Crippen LogP contribution in [0.1, 0.15) is 10.4 Å². The van der Waals surface area contributed by atoms with Crippen molar-refractivity contribution < 1.29 is 13.6 Å². The van der Waals surface area contributed by atoms with Gasteiger partial charge in [-0.2, -0.15) is 4.39 Å². The molecule has 1 aromatic carbocycles. The van der Waals surface area contributed by atoms with Crippen molar-refractivity contribution in [2.75, 3.05) is 0 Å². The summed E-state index contributed by atoms with van der Waals surface area (Å²) in [7, 11) is 0. The highest BCUT2D eigenvalue weighted by atomic mass is 32.1. The molecule has 13 heavy (non-hydrogen) atoms. The number of fused-ring (bicyclic) bond motifs is 1. The molecule has 0 bridgehead atoms. The van der Waals surface area contributed by atoms with E-state index in [1.807, 2.05) is 0 Å². The van der Waals surface area contributed by atoms with Gasteiger partial charge >= 0.3 is 0 Å². The monoisotopic (exact) mass is 198 g/mol. The Kier molecular flexibility index (Phi) is 1.84. The molecule has 0 fully saturated rings. The predicted octanol–water partition coefficient (Wildman–Crippen LogP) is 2.99.